The van der Waals surface area contributed by atoms with E-state index in [0.717, 1.165) is 0 Å². The van der Waals surface area contributed by atoms with Crippen molar-refractivity contribution in [3.8, 4) is 5.75 Å². The molecule has 1 amide bonds. The third kappa shape index (κ3) is 3.50. The van der Waals surface area contributed by atoms with E-state index in [0.29, 0.717) is 23.5 Å². The Morgan fingerprint density at radius 3 is 2.58 bits per heavy atom. The number of amides is 1. The van der Waals surface area contributed by atoms with Gasteiger partial charge in [0.2, 0.25) is 0 Å². The van der Waals surface area contributed by atoms with Gasteiger partial charge in [-0.05, 0) is 39.0 Å². The average molecular weight is 262 g/mol. The number of carbonyl (C=O) groups excluding carboxylic acids is 1. The van der Waals surface area contributed by atoms with Gasteiger partial charge in [-0.2, -0.15) is 0 Å². The first-order chi connectivity index (χ1) is 8.81. The second-order valence-corrected chi connectivity index (χ2v) is 5.33. The minimum Gasteiger partial charge on any atom is -0.497 e. The minimum absolute atomic E-state index is 0.121. The smallest absolute Gasteiger partial charge is 0.256 e. The Bertz CT molecular complexity index is 476. The molecule has 1 aromatic rings. The highest BCUT2D eigenvalue weighted by molar-refractivity contribution is 6.00. The molecule has 0 aliphatic heterocycles. The average Bonchev–Trinajstić information content (AvgIpc) is 2.34. The van der Waals surface area contributed by atoms with Crippen LogP contribution in [-0.4, -0.2) is 30.0 Å². The van der Waals surface area contributed by atoms with Crippen molar-refractivity contribution in [3.05, 3.63) is 36.4 Å². The van der Waals surface area contributed by atoms with Gasteiger partial charge in [0.25, 0.3) is 5.91 Å². The number of benzene rings is 1. The quantitative estimate of drug-likeness (QED) is 0.670. The van der Waals surface area contributed by atoms with Gasteiger partial charge in [0.1, 0.15) is 5.75 Å². The zero-order valence-electron chi connectivity index (χ0n) is 12.1. The van der Waals surface area contributed by atoms with Crippen molar-refractivity contribution in [1.29, 1.82) is 0 Å². The molecular weight excluding hydrogens is 240 g/mol. The Balaban J connectivity index is 3.19. The summed E-state index contributed by atoms with van der Waals surface area (Å²) in [5, 5.41) is 0. The van der Waals surface area contributed by atoms with Crippen LogP contribution < -0.4 is 10.5 Å². The highest BCUT2D eigenvalue weighted by Gasteiger charge is 2.27. The molecule has 4 heteroatoms. The third-order valence-electron chi connectivity index (χ3n) is 2.86. The van der Waals surface area contributed by atoms with E-state index >= 15 is 0 Å². The molecule has 4 nitrogen and oxygen atoms in total. The maximum atomic E-state index is 12.6. The number of nitrogen functional groups attached to an aromatic ring is 1. The summed E-state index contributed by atoms with van der Waals surface area (Å²) in [6.45, 7) is 10.1. The van der Waals surface area contributed by atoms with Crippen LogP contribution >= 0.6 is 0 Å². The summed E-state index contributed by atoms with van der Waals surface area (Å²) in [6, 6.07) is 5.08. The molecule has 0 aliphatic carbocycles. The lowest BCUT2D eigenvalue weighted by Gasteiger charge is -2.35. The summed E-state index contributed by atoms with van der Waals surface area (Å²) in [7, 11) is 1.56. The van der Waals surface area contributed by atoms with Gasteiger partial charge in [-0.1, -0.05) is 6.08 Å². The van der Waals surface area contributed by atoms with Crippen LogP contribution in [0.4, 0.5) is 5.69 Å². The molecule has 0 bridgehead atoms. The summed E-state index contributed by atoms with van der Waals surface area (Å²) in [5.74, 6) is 0.494. The predicted octanol–water partition coefficient (Wildman–Crippen LogP) is 2.70. The lowest BCUT2D eigenvalue weighted by Crippen LogP contribution is -2.45. The summed E-state index contributed by atoms with van der Waals surface area (Å²) in [6.07, 6.45) is 1.71. The first-order valence-electron chi connectivity index (χ1n) is 6.17. The molecule has 0 saturated carbocycles. The van der Waals surface area contributed by atoms with Crippen LogP contribution in [-0.2, 0) is 0 Å². The van der Waals surface area contributed by atoms with E-state index in [1.807, 2.05) is 20.8 Å². The molecule has 0 saturated heterocycles. The van der Waals surface area contributed by atoms with Crippen molar-refractivity contribution in [2.75, 3.05) is 19.4 Å². The number of hydrogen-bond acceptors (Lipinski definition) is 3. The molecule has 0 fully saturated rings. The monoisotopic (exact) mass is 262 g/mol. The molecular formula is C15H22N2O2. The number of methoxy groups -OCH3 is 1. The number of nitrogens with zero attached hydrogens (tertiary/aromatic N) is 1. The Morgan fingerprint density at radius 2 is 2.11 bits per heavy atom. The van der Waals surface area contributed by atoms with E-state index in [1.54, 1.807) is 36.3 Å². The van der Waals surface area contributed by atoms with Crippen LogP contribution in [0, 0.1) is 0 Å². The number of carbonyl (C=O) groups is 1. The maximum absolute atomic E-state index is 12.6. The van der Waals surface area contributed by atoms with Crippen molar-refractivity contribution in [2.24, 2.45) is 0 Å². The molecule has 0 spiro atoms. The van der Waals surface area contributed by atoms with Crippen molar-refractivity contribution >= 4 is 11.6 Å². The molecule has 2 N–H and O–H groups in total. The largest absolute Gasteiger partial charge is 0.497 e. The molecule has 1 aromatic carbocycles. The van der Waals surface area contributed by atoms with Gasteiger partial charge in [-0.3, -0.25) is 4.79 Å². The van der Waals surface area contributed by atoms with Crippen LogP contribution in [0.1, 0.15) is 31.1 Å². The minimum atomic E-state index is -0.305. The molecule has 0 atom stereocenters. The van der Waals surface area contributed by atoms with E-state index < -0.39 is 0 Å². The Morgan fingerprint density at radius 1 is 1.47 bits per heavy atom. The SMILES string of the molecule is C=CCN(C(=O)c1cc(OC)ccc1N)C(C)(C)C. The number of nitrogens with two attached hydrogens (primary N) is 1. The Kier molecular flexibility index (Phi) is 4.59. The summed E-state index contributed by atoms with van der Waals surface area (Å²) < 4.78 is 5.14. The van der Waals surface area contributed by atoms with Gasteiger partial charge in [-0.25, -0.2) is 0 Å². The predicted molar refractivity (Wildman–Crippen MR) is 78.4 cm³/mol. The molecule has 104 valence electrons. The zero-order chi connectivity index (χ0) is 14.6. The second kappa shape index (κ2) is 5.78. The fraction of sp³-hybridized carbons (Fsp3) is 0.400. The topological polar surface area (TPSA) is 55.6 Å². The number of ether oxygens (including phenoxy) is 1. The summed E-state index contributed by atoms with van der Waals surface area (Å²) in [5.41, 5.74) is 6.49. The van der Waals surface area contributed by atoms with Gasteiger partial charge >= 0.3 is 0 Å². The van der Waals surface area contributed by atoms with E-state index in [2.05, 4.69) is 6.58 Å². The standard InChI is InChI=1S/C15H22N2O2/c1-6-9-17(15(2,3)4)14(18)12-10-11(19-5)7-8-13(12)16/h6-8,10H,1,9,16H2,2-5H3. The van der Waals surface area contributed by atoms with Crippen molar-refractivity contribution in [1.82, 2.24) is 4.90 Å². The normalized spacial score (nSPS) is 10.9. The molecule has 0 heterocycles. The van der Waals surface area contributed by atoms with Crippen LogP contribution in [0.2, 0.25) is 0 Å². The first kappa shape index (κ1) is 15.1. The fourth-order valence-electron chi connectivity index (χ4n) is 1.78. The molecule has 1 rings (SSSR count). The van der Waals surface area contributed by atoms with Crippen LogP contribution in [0.5, 0.6) is 5.75 Å². The van der Waals surface area contributed by atoms with Crippen LogP contribution in [0.25, 0.3) is 0 Å². The molecule has 19 heavy (non-hydrogen) atoms. The van der Waals surface area contributed by atoms with Crippen LogP contribution in [0.15, 0.2) is 30.9 Å². The molecule has 0 unspecified atom stereocenters. The van der Waals surface area contributed by atoms with Crippen molar-refractivity contribution in [3.63, 3.8) is 0 Å². The van der Waals surface area contributed by atoms with E-state index in [1.165, 1.54) is 0 Å². The molecule has 0 aromatic heterocycles. The van der Waals surface area contributed by atoms with Gasteiger partial charge in [0.05, 0.1) is 12.7 Å². The van der Waals surface area contributed by atoms with Gasteiger partial charge in [-0.15, -0.1) is 6.58 Å². The Hall–Kier alpha value is -1.97. The molecule has 0 aliphatic rings. The first-order valence-corrected chi connectivity index (χ1v) is 6.17. The highest BCUT2D eigenvalue weighted by atomic mass is 16.5. The lowest BCUT2D eigenvalue weighted by atomic mass is 10.0. The number of rotatable bonds is 4. The maximum Gasteiger partial charge on any atom is 0.256 e. The Labute approximate surface area is 114 Å². The summed E-state index contributed by atoms with van der Waals surface area (Å²) >= 11 is 0. The lowest BCUT2D eigenvalue weighted by molar-refractivity contribution is 0.0617. The van der Waals surface area contributed by atoms with Gasteiger partial charge < -0.3 is 15.4 Å². The second-order valence-electron chi connectivity index (χ2n) is 5.33. The van der Waals surface area contributed by atoms with Gasteiger partial charge in [0.15, 0.2) is 0 Å². The zero-order valence-corrected chi connectivity index (χ0v) is 12.1. The fourth-order valence-corrected chi connectivity index (χ4v) is 1.78. The molecule has 0 radical (unpaired) electrons. The van der Waals surface area contributed by atoms with Crippen LogP contribution in [0.3, 0.4) is 0 Å². The van der Waals surface area contributed by atoms with Crippen molar-refractivity contribution in [2.45, 2.75) is 26.3 Å². The number of anilines is 1. The summed E-state index contributed by atoms with van der Waals surface area (Å²) in [4.78, 5) is 14.3. The van der Waals surface area contributed by atoms with Gasteiger partial charge in [0, 0.05) is 17.8 Å². The van der Waals surface area contributed by atoms with E-state index in [9.17, 15) is 4.79 Å². The van der Waals surface area contributed by atoms with E-state index in [4.69, 9.17) is 10.5 Å². The third-order valence-corrected chi connectivity index (χ3v) is 2.86. The van der Waals surface area contributed by atoms with Crippen molar-refractivity contribution < 1.29 is 9.53 Å². The van der Waals surface area contributed by atoms with E-state index in [-0.39, 0.29) is 11.4 Å². The number of hydrogen-bond donors (Lipinski definition) is 1. The highest BCUT2D eigenvalue weighted by Crippen LogP contribution is 2.24.